The first-order valence-electron chi connectivity index (χ1n) is 6.61. The molecule has 90 valence electrons. The minimum absolute atomic E-state index is 0.0210. The average molecular weight is 229 g/mol. The molecule has 3 fully saturated rings. The Morgan fingerprint density at radius 3 is 2.76 bits per heavy atom. The van der Waals surface area contributed by atoms with Crippen LogP contribution in [0.15, 0.2) is 12.2 Å². The molecule has 3 atom stereocenters. The van der Waals surface area contributed by atoms with Crippen molar-refractivity contribution in [1.29, 1.82) is 5.26 Å². The van der Waals surface area contributed by atoms with E-state index in [2.05, 4.69) is 19.6 Å². The molecule has 3 rings (SSSR count). The normalized spacial score (nSPS) is 48.7. The molecule has 0 aliphatic heterocycles. The van der Waals surface area contributed by atoms with Crippen LogP contribution in [-0.2, 0) is 4.79 Å². The summed E-state index contributed by atoms with van der Waals surface area (Å²) in [7, 11) is 0. The summed E-state index contributed by atoms with van der Waals surface area (Å²) in [5.41, 5.74) is 0.931. The molecular weight excluding hydrogens is 210 g/mol. The first-order chi connectivity index (χ1) is 8.00. The fourth-order valence-corrected chi connectivity index (χ4v) is 5.20. The number of rotatable bonds is 0. The van der Waals surface area contributed by atoms with Crippen LogP contribution in [-0.4, -0.2) is 5.78 Å². The standard InChI is InChI=1S/C15H19NO/c1-11-8-13(2,10-16)15-6-3-5-14(11,15)9-12(17)4-7-15/h1,3-9H2,2H3/t13-,14-,15+/m0/s1. The second-order valence-corrected chi connectivity index (χ2v) is 6.46. The number of nitriles is 1. The fraction of sp³-hybridized carbons (Fsp3) is 0.733. The summed E-state index contributed by atoms with van der Waals surface area (Å²) in [4.78, 5) is 11.9. The molecule has 0 radical (unpaired) electrons. The van der Waals surface area contributed by atoms with Crippen LogP contribution in [0.1, 0.15) is 51.9 Å². The number of nitrogens with zero attached hydrogens (tertiary/aromatic N) is 1. The molecule has 0 aromatic heterocycles. The Morgan fingerprint density at radius 2 is 2.06 bits per heavy atom. The monoisotopic (exact) mass is 229 g/mol. The number of carbonyl (C=O) groups is 1. The van der Waals surface area contributed by atoms with Crippen LogP contribution in [0.2, 0.25) is 0 Å². The van der Waals surface area contributed by atoms with E-state index < -0.39 is 0 Å². The third-order valence-electron chi connectivity index (χ3n) is 6.00. The fourth-order valence-electron chi connectivity index (χ4n) is 5.20. The van der Waals surface area contributed by atoms with E-state index in [1.807, 2.05) is 0 Å². The van der Waals surface area contributed by atoms with Crippen molar-refractivity contribution in [3.63, 3.8) is 0 Å². The zero-order valence-electron chi connectivity index (χ0n) is 10.5. The zero-order valence-corrected chi connectivity index (χ0v) is 10.5. The van der Waals surface area contributed by atoms with E-state index in [1.54, 1.807) is 0 Å². The Morgan fingerprint density at radius 1 is 1.29 bits per heavy atom. The summed E-state index contributed by atoms with van der Waals surface area (Å²) in [6.07, 6.45) is 6.39. The van der Waals surface area contributed by atoms with Crippen LogP contribution in [0.5, 0.6) is 0 Å². The molecule has 2 heteroatoms. The minimum atomic E-state index is -0.290. The van der Waals surface area contributed by atoms with E-state index in [0.717, 1.165) is 32.1 Å². The van der Waals surface area contributed by atoms with Gasteiger partial charge in [0.1, 0.15) is 5.78 Å². The van der Waals surface area contributed by atoms with E-state index in [0.29, 0.717) is 18.6 Å². The maximum atomic E-state index is 11.9. The highest BCUT2D eigenvalue weighted by Gasteiger charge is 2.70. The second kappa shape index (κ2) is 3.02. The highest BCUT2D eigenvalue weighted by atomic mass is 16.1. The second-order valence-electron chi connectivity index (χ2n) is 6.46. The molecule has 3 aliphatic carbocycles. The van der Waals surface area contributed by atoms with Gasteiger partial charge in [0.15, 0.2) is 0 Å². The molecule has 3 saturated carbocycles. The van der Waals surface area contributed by atoms with Crippen LogP contribution >= 0.6 is 0 Å². The highest BCUT2D eigenvalue weighted by Crippen LogP contribution is 2.76. The predicted molar refractivity (Wildman–Crippen MR) is 65.1 cm³/mol. The third-order valence-corrected chi connectivity index (χ3v) is 6.00. The first-order valence-corrected chi connectivity index (χ1v) is 6.61. The Balaban J connectivity index is 2.20. The van der Waals surface area contributed by atoms with Gasteiger partial charge < -0.3 is 0 Å². The Labute approximate surface area is 103 Å². The average Bonchev–Trinajstić information content (AvgIpc) is 2.76. The van der Waals surface area contributed by atoms with Gasteiger partial charge in [-0.1, -0.05) is 18.6 Å². The molecular formula is C15H19NO. The highest BCUT2D eigenvalue weighted by molar-refractivity contribution is 5.81. The molecule has 17 heavy (non-hydrogen) atoms. The summed E-state index contributed by atoms with van der Waals surface area (Å²) in [5, 5.41) is 9.61. The van der Waals surface area contributed by atoms with E-state index in [9.17, 15) is 10.1 Å². The third kappa shape index (κ3) is 0.996. The van der Waals surface area contributed by atoms with Gasteiger partial charge in [-0.2, -0.15) is 5.26 Å². The predicted octanol–water partition coefficient (Wildman–Crippen LogP) is 3.39. The molecule has 0 N–H and O–H groups in total. The lowest BCUT2D eigenvalue weighted by molar-refractivity contribution is -0.128. The topological polar surface area (TPSA) is 40.9 Å². The van der Waals surface area contributed by atoms with Gasteiger partial charge in [-0.05, 0) is 38.0 Å². The zero-order chi connectivity index (χ0) is 12.3. The van der Waals surface area contributed by atoms with Crippen LogP contribution in [0, 0.1) is 27.6 Å². The molecule has 0 aromatic carbocycles. The minimum Gasteiger partial charge on any atom is -0.300 e. The molecule has 0 amide bonds. The summed E-state index contributed by atoms with van der Waals surface area (Å²) in [6, 6.07) is 2.57. The van der Waals surface area contributed by atoms with E-state index in [4.69, 9.17) is 0 Å². The Hall–Kier alpha value is -1.10. The molecule has 0 unspecified atom stereocenters. The number of ketones is 1. The molecule has 2 nitrogen and oxygen atoms in total. The summed E-state index contributed by atoms with van der Waals surface area (Å²) < 4.78 is 0. The van der Waals surface area contributed by atoms with Gasteiger partial charge in [0.25, 0.3) is 0 Å². The van der Waals surface area contributed by atoms with Crippen molar-refractivity contribution in [2.75, 3.05) is 0 Å². The van der Waals surface area contributed by atoms with Crippen molar-refractivity contribution >= 4 is 5.78 Å². The molecule has 0 heterocycles. The van der Waals surface area contributed by atoms with Crippen molar-refractivity contribution in [2.24, 2.45) is 16.2 Å². The van der Waals surface area contributed by atoms with E-state index in [-0.39, 0.29) is 16.2 Å². The first kappa shape index (κ1) is 11.0. The molecule has 0 saturated heterocycles. The van der Waals surface area contributed by atoms with Gasteiger partial charge in [-0.3, -0.25) is 4.79 Å². The van der Waals surface area contributed by atoms with Crippen LogP contribution < -0.4 is 0 Å². The number of hydrogen-bond donors (Lipinski definition) is 0. The SMILES string of the molecule is C=C1C[C@@](C)(C#N)[C@]23CCC[C@]12CC(=O)CC3. The number of hydrogen-bond acceptors (Lipinski definition) is 2. The van der Waals surface area contributed by atoms with Crippen molar-refractivity contribution in [3.8, 4) is 6.07 Å². The van der Waals surface area contributed by atoms with Crippen molar-refractivity contribution in [3.05, 3.63) is 12.2 Å². The van der Waals surface area contributed by atoms with Gasteiger partial charge in [0, 0.05) is 18.3 Å². The van der Waals surface area contributed by atoms with Gasteiger partial charge in [0.2, 0.25) is 0 Å². The number of Topliss-reactive ketones (excluding diaryl/α,β-unsaturated/α-hetero) is 1. The number of allylic oxidation sites excluding steroid dienone is 1. The van der Waals surface area contributed by atoms with Crippen LogP contribution in [0.4, 0.5) is 0 Å². The number of carbonyl (C=O) groups excluding carboxylic acids is 1. The van der Waals surface area contributed by atoms with E-state index >= 15 is 0 Å². The van der Waals surface area contributed by atoms with Crippen molar-refractivity contribution < 1.29 is 4.79 Å². The van der Waals surface area contributed by atoms with Crippen LogP contribution in [0.3, 0.4) is 0 Å². The molecule has 0 aromatic rings. The summed E-state index contributed by atoms with van der Waals surface area (Å²) >= 11 is 0. The van der Waals surface area contributed by atoms with Gasteiger partial charge in [-0.25, -0.2) is 0 Å². The quantitative estimate of drug-likeness (QED) is 0.597. The van der Waals surface area contributed by atoms with Crippen molar-refractivity contribution in [1.82, 2.24) is 0 Å². The summed E-state index contributed by atoms with van der Waals surface area (Å²) in [5.74, 6) is 0.380. The largest absolute Gasteiger partial charge is 0.300 e. The van der Waals surface area contributed by atoms with Gasteiger partial charge in [-0.15, -0.1) is 0 Å². The lowest BCUT2D eigenvalue weighted by Gasteiger charge is -2.49. The van der Waals surface area contributed by atoms with Crippen LogP contribution in [0.25, 0.3) is 0 Å². The Kier molecular flexibility index (Phi) is 1.95. The smallest absolute Gasteiger partial charge is 0.133 e. The maximum Gasteiger partial charge on any atom is 0.133 e. The van der Waals surface area contributed by atoms with Gasteiger partial charge >= 0.3 is 0 Å². The maximum absolute atomic E-state index is 11.9. The lowest BCUT2D eigenvalue weighted by atomic mass is 9.52. The van der Waals surface area contributed by atoms with Crippen molar-refractivity contribution in [2.45, 2.75) is 51.9 Å². The van der Waals surface area contributed by atoms with Gasteiger partial charge in [0.05, 0.1) is 11.5 Å². The summed E-state index contributed by atoms with van der Waals surface area (Å²) in [6.45, 7) is 6.34. The Bertz CT molecular complexity index is 460. The molecule has 0 bridgehead atoms. The van der Waals surface area contributed by atoms with E-state index in [1.165, 1.54) is 5.57 Å². The lowest BCUT2D eigenvalue weighted by Crippen LogP contribution is -2.46. The molecule has 3 aliphatic rings. The molecule has 0 spiro atoms.